The van der Waals surface area contributed by atoms with Gasteiger partial charge in [0.15, 0.2) is 0 Å². The Morgan fingerprint density at radius 1 is 0.923 bits per heavy atom. The highest BCUT2D eigenvalue weighted by Crippen LogP contribution is 2.14. The number of hydrogen-bond acceptors (Lipinski definition) is 4. The van der Waals surface area contributed by atoms with Crippen LogP contribution in [-0.4, -0.2) is 29.4 Å². The van der Waals surface area contributed by atoms with E-state index in [1.165, 1.54) is 18.2 Å². The molecule has 0 bridgehead atoms. The van der Waals surface area contributed by atoms with Gasteiger partial charge in [-0.15, -0.1) is 0 Å². The maximum absolute atomic E-state index is 13.4. The van der Waals surface area contributed by atoms with E-state index in [0.717, 1.165) is 12.1 Å². The standard InChI is InChI=1S/C17H15F2N3O4/c18-10-5-6-11(13(19)9-10)16(25)20-8-7-15(24)21-22-17(26)12-3-1-2-4-14(12)23/h1-6,9,23H,7-8H2,(H,20,25)(H,21,24)(H,22,26). The first kappa shape index (κ1) is 18.8. The average Bonchev–Trinajstić information content (AvgIpc) is 2.60. The first-order valence-electron chi connectivity index (χ1n) is 7.49. The van der Waals surface area contributed by atoms with E-state index < -0.39 is 29.4 Å². The Kier molecular flexibility index (Phi) is 6.20. The molecule has 0 aliphatic carbocycles. The van der Waals surface area contributed by atoms with Gasteiger partial charge in [-0.05, 0) is 24.3 Å². The minimum Gasteiger partial charge on any atom is -0.507 e. The Morgan fingerprint density at radius 3 is 2.35 bits per heavy atom. The molecule has 136 valence electrons. The summed E-state index contributed by atoms with van der Waals surface area (Å²) in [6.45, 7) is -0.131. The zero-order valence-corrected chi connectivity index (χ0v) is 13.4. The van der Waals surface area contributed by atoms with Crippen LogP contribution in [0.25, 0.3) is 0 Å². The van der Waals surface area contributed by atoms with Crippen molar-refractivity contribution in [1.82, 2.24) is 16.2 Å². The maximum atomic E-state index is 13.4. The minimum atomic E-state index is -1.01. The third kappa shape index (κ3) is 5.00. The normalized spacial score (nSPS) is 10.1. The molecule has 0 aromatic heterocycles. The fourth-order valence-corrected chi connectivity index (χ4v) is 1.98. The van der Waals surface area contributed by atoms with Crippen LogP contribution in [0.4, 0.5) is 8.78 Å². The summed E-state index contributed by atoms with van der Waals surface area (Å²) in [6, 6.07) is 8.29. The first-order valence-corrected chi connectivity index (χ1v) is 7.49. The number of carbonyl (C=O) groups excluding carboxylic acids is 3. The zero-order valence-electron chi connectivity index (χ0n) is 13.4. The number of rotatable bonds is 5. The molecule has 0 atom stereocenters. The molecular weight excluding hydrogens is 348 g/mol. The van der Waals surface area contributed by atoms with Crippen LogP contribution in [0.1, 0.15) is 27.1 Å². The van der Waals surface area contributed by atoms with E-state index in [1.54, 1.807) is 6.07 Å². The Labute approximate surface area is 147 Å². The molecule has 3 amide bonds. The van der Waals surface area contributed by atoms with Crippen molar-refractivity contribution in [1.29, 1.82) is 0 Å². The Morgan fingerprint density at radius 2 is 1.65 bits per heavy atom. The highest BCUT2D eigenvalue weighted by Gasteiger charge is 2.13. The summed E-state index contributed by atoms with van der Waals surface area (Å²) in [6.07, 6.45) is -0.199. The van der Waals surface area contributed by atoms with Gasteiger partial charge in [0.2, 0.25) is 5.91 Å². The lowest BCUT2D eigenvalue weighted by atomic mass is 10.2. The van der Waals surface area contributed by atoms with Crippen LogP contribution >= 0.6 is 0 Å². The molecule has 0 radical (unpaired) electrons. The number of hydrazine groups is 1. The van der Waals surface area contributed by atoms with Gasteiger partial charge in [-0.3, -0.25) is 25.2 Å². The van der Waals surface area contributed by atoms with E-state index in [4.69, 9.17) is 0 Å². The van der Waals surface area contributed by atoms with Crippen molar-refractivity contribution < 1.29 is 28.3 Å². The Hall–Kier alpha value is -3.49. The number of carbonyl (C=O) groups is 3. The molecule has 0 heterocycles. The summed E-state index contributed by atoms with van der Waals surface area (Å²) in [5.41, 5.74) is 3.86. The molecule has 0 spiro atoms. The van der Waals surface area contributed by atoms with Crippen molar-refractivity contribution in [2.24, 2.45) is 0 Å². The lowest BCUT2D eigenvalue weighted by molar-refractivity contribution is -0.121. The van der Waals surface area contributed by atoms with Crippen LogP contribution < -0.4 is 16.2 Å². The molecule has 0 unspecified atom stereocenters. The lowest BCUT2D eigenvalue weighted by Crippen LogP contribution is -2.42. The van der Waals surface area contributed by atoms with E-state index in [2.05, 4.69) is 16.2 Å². The molecule has 2 rings (SSSR count). The molecule has 0 aliphatic rings. The van der Waals surface area contributed by atoms with Crippen molar-refractivity contribution in [2.45, 2.75) is 6.42 Å². The second kappa shape index (κ2) is 8.56. The predicted molar refractivity (Wildman–Crippen MR) is 87.0 cm³/mol. The summed E-state index contributed by atoms with van der Waals surface area (Å²) < 4.78 is 26.2. The van der Waals surface area contributed by atoms with Crippen LogP contribution in [0.15, 0.2) is 42.5 Å². The summed E-state index contributed by atoms with van der Waals surface area (Å²) in [5.74, 6) is -4.19. The number of nitrogens with one attached hydrogen (secondary N) is 3. The third-order valence-electron chi connectivity index (χ3n) is 3.28. The van der Waals surface area contributed by atoms with Crippen molar-refractivity contribution >= 4 is 17.7 Å². The molecule has 0 saturated heterocycles. The van der Waals surface area contributed by atoms with Gasteiger partial charge in [0.1, 0.15) is 17.4 Å². The fraction of sp³-hybridized carbons (Fsp3) is 0.118. The SMILES string of the molecule is O=C(CCNC(=O)c1ccc(F)cc1F)NNC(=O)c1ccccc1O. The fourth-order valence-electron chi connectivity index (χ4n) is 1.98. The Balaban J connectivity index is 1.76. The quantitative estimate of drug-likeness (QED) is 0.600. The van der Waals surface area contributed by atoms with Gasteiger partial charge in [0.25, 0.3) is 11.8 Å². The number of aromatic hydroxyl groups is 1. The molecule has 26 heavy (non-hydrogen) atoms. The molecule has 0 fully saturated rings. The van der Waals surface area contributed by atoms with E-state index in [0.29, 0.717) is 6.07 Å². The van der Waals surface area contributed by atoms with Crippen molar-refractivity contribution in [3.8, 4) is 5.75 Å². The second-order valence-corrected chi connectivity index (χ2v) is 5.15. The van der Waals surface area contributed by atoms with Crippen LogP contribution in [0.5, 0.6) is 5.75 Å². The zero-order chi connectivity index (χ0) is 19.1. The van der Waals surface area contributed by atoms with Gasteiger partial charge >= 0.3 is 0 Å². The largest absolute Gasteiger partial charge is 0.507 e. The average molecular weight is 363 g/mol. The lowest BCUT2D eigenvalue weighted by Gasteiger charge is -2.09. The van der Waals surface area contributed by atoms with E-state index in [9.17, 15) is 28.3 Å². The first-order chi connectivity index (χ1) is 12.4. The van der Waals surface area contributed by atoms with E-state index >= 15 is 0 Å². The Bertz CT molecular complexity index is 843. The van der Waals surface area contributed by atoms with Crippen LogP contribution in [0.2, 0.25) is 0 Å². The predicted octanol–water partition coefficient (Wildman–Crippen LogP) is 1.25. The monoisotopic (exact) mass is 363 g/mol. The summed E-state index contributed by atoms with van der Waals surface area (Å²) in [4.78, 5) is 35.1. The second-order valence-electron chi connectivity index (χ2n) is 5.15. The summed E-state index contributed by atoms with van der Waals surface area (Å²) in [5, 5.41) is 11.8. The highest BCUT2D eigenvalue weighted by atomic mass is 19.1. The van der Waals surface area contributed by atoms with E-state index in [-0.39, 0.29) is 29.8 Å². The van der Waals surface area contributed by atoms with Crippen molar-refractivity contribution in [2.75, 3.05) is 6.54 Å². The number of para-hydroxylation sites is 1. The van der Waals surface area contributed by atoms with E-state index in [1.807, 2.05) is 0 Å². The van der Waals surface area contributed by atoms with Gasteiger partial charge in [0.05, 0.1) is 11.1 Å². The summed E-state index contributed by atoms with van der Waals surface area (Å²) >= 11 is 0. The smallest absolute Gasteiger partial charge is 0.273 e. The molecule has 7 nitrogen and oxygen atoms in total. The van der Waals surface area contributed by atoms with Crippen molar-refractivity contribution in [3.05, 3.63) is 65.2 Å². The number of phenols is 1. The number of phenolic OH excluding ortho intramolecular Hbond substituents is 1. The summed E-state index contributed by atoms with van der Waals surface area (Å²) in [7, 11) is 0. The van der Waals surface area contributed by atoms with Crippen LogP contribution in [0.3, 0.4) is 0 Å². The molecule has 0 aliphatic heterocycles. The van der Waals surface area contributed by atoms with Gasteiger partial charge in [-0.25, -0.2) is 8.78 Å². The number of halogens is 2. The number of amides is 3. The molecular formula is C17H15F2N3O4. The van der Waals surface area contributed by atoms with Crippen LogP contribution in [-0.2, 0) is 4.79 Å². The van der Waals surface area contributed by atoms with Gasteiger partial charge in [-0.2, -0.15) is 0 Å². The topological polar surface area (TPSA) is 108 Å². The number of hydrogen-bond donors (Lipinski definition) is 4. The van der Waals surface area contributed by atoms with Gasteiger partial charge in [0, 0.05) is 19.0 Å². The maximum Gasteiger partial charge on any atom is 0.273 e. The molecule has 2 aromatic rings. The van der Waals surface area contributed by atoms with Gasteiger partial charge < -0.3 is 10.4 Å². The van der Waals surface area contributed by atoms with Crippen molar-refractivity contribution in [3.63, 3.8) is 0 Å². The molecule has 2 aromatic carbocycles. The third-order valence-corrected chi connectivity index (χ3v) is 3.28. The molecule has 9 heteroatoms. The van der Waals surface area contributed by atoms with Crippen LogP contribution in [0, 0.1) is 11.6 Å². The molecule has 0 saturated carbocycles. The molecule has 4 N–H and O–H groups in total. The minimum absolute atomic E-state index is 0.0205. The highest BCUT2D eigenvalue weighted by molar-refractivity contribution is 5.98. The number of benzene rings is 2. The van der Waals surface area contributed by atoms with Gasteiger partial charge in [-0.1, -0.05) is 12.1 Å².